The van der Waals surface area contributed by atoms with Gasteiger partial charge in [0.05, 0.1) is 12.7 Å². The third-order valence-electron chi connectivity index (χ3n) is 3.76. The second-order valence-corrected chi connectivity index (χ2v) is 6.10. The Bertz CT molecular complexity index is 416. The van der Waals surface area contributed by atoms with Crippen LogP contribution < -0.4 is 5.32 Å². The number of nitrogens with one attached hydrogen (secondary N) is 1. The summed E-state index contributed by atoms with van der Waals surface area (Å²) in [5.74, 6) is 0. The van der Waals surface area contributed by atoms with Crippen LogP contribution in [-0.2, 0) is 11.2 Å². The van der Waals surface area contributed by atoms with Crippen molar-refractivity contribution in [1.29, 1.82) is 0 Å². The molecule has 0 radical (unpaired) electrons. The van der Waals surface area contributed by atoms with Crippen molar-refractivity contribution in [3.63, 3.8) is 0 Å². The third kappa shape index (κ3) is 4.52. The molecule has 1 N–H and O–H groups in total. The van der Waals surface area contributed by atoms with Gasteiger partial charge >= 0.3 is 0 Å². The van der Waals surface area contributed by atoms with E-state index in [-0.39, 0.29) is 6.10 Å². The van der Waals surface area contributed by atoms with Crippen LogP contribution in [-0.4, -0.2) is 54.8 Å². The monoisotopic (exact) mass is 341 g/mol. The summed E-state index contributed by atoms with van der Waals surface area (Å²) in [4.78, 5) is 6.70. The fourth-order valence-electron chi connectivity index (χ4n) is 2.68. The van der Waals surface area contributed by atoms with Crippen molar-refractivity contribution in [2.45, 2.75) is 32.4 Å². The summed E-state index contributed by atoms with van der Waals surface area (Å²) < 4.78 is 7.02. The number of nitrogens with zero attached hydrogens (tertiary/aromatic N) is 2. The van der Waals surface area contributed by atoms with Gasteiger partial charge in [-0.3, -0.25) is 9.88 Å². The van der Waals surface area contributed by atoms with Gasteiger partial charge < -0.3 is 10.1 Å². The van der Waals surface area contributed by atoms with Crippen LogP contribution in [0.5, 0.6) is 0 Å². The molecular formula is C15H24BrN3O. The Morgan fingerprint density at radius 3 is 3.05 bits per heavy atom. The van der Waals surface area contributed by atoms with E-state index in [9.17, 15) is 0 Å². The summed E-state index contributed by atoms with van der Waals surface area (Å²) in [7, 11) is 0. The summed E-state index contributed by atoms with van der Waals surface area (Å²) in [5.41, 5.74) is 1.24. The van der Waals surface area contributed by atoms with Gasteiger partial charge in [-0.25, -0.2) is 0 Å². The Balaban J connectivity index is 2.02. The highest BCUT2D eigenvalue weighted by atomic mass is 79.9. The number of pyridine rings is 1. The van der Waals surface area contributed by atoms with Crippen LogP contribution in [0.25, 0.3) is 0 Å². The van der Waals surface area contributed by atoms with Gasteiger partial charge in [0.25, 0.3) is 0 Å². The summed E-state index contributed by atoms with van der Waals surface area (Å²) in [6.45, 7) is 9.29. The van der Waals surface area contributed by atoms with Crippen LogP contribution in [0.2, 0.25) is 0 Å². The van der Waals surface area contributed by atoms with Crippen molar-refractivity contribution < 1.29 is 4.74 Å². The second kappa shape index (κ2) is 8.08. The molecule has 1 saturated heterocycles. The molecule has 0 saturated carbocycles. The SMILES string of the molecule is CCNC(Cc1cncc(Br)c1)C1CN(CC)CCO1. The Kier molecular flexibility index (Phi) is 6.42. The Morgan fingerprint density at radius 2 is 2.35 bits per heavy atom. The minimum absolute atomic E-state index is 0.252. The number of hydrogen-bond acceptors (Lipinski definition) is 4. The van der Waals surface area contributed by atoms with Crippen LogP contribution in [0.3, 0.4) is 0 Å². The normalized spacial score (nSPS) is 21.9. The molecule has 1 aliphatic rings. The zero-order valence-corrected chi connectivity index (χ0v) is 13.9. The van der Waals surface area contributed by atoms with Gasteiger partial charge in [-0.15, -0.1) is 0 Å². The number of aromatic nitrogens is 1. The molecule has 1 aromatic heterocycles. The second-order valence-electron chi connectivity index (χ2n) is 5.18. The molecule has 0 aromatic carbocycles. The standard InChI is InChI=1S/C15H24BrN3O/c1-3-18-14(8-12-7-13(16)10-17-9-12)15-11-19(4-2)5-6-20-15/h7,9-10,14-15,18H,3-6,8,11H2,1-2H3. The number of rotatable bonds is 6. The summed E-state index contributed by atoms with van der Waals surface area (Å²) in [5, 5.41) is 3.57. The predicted molar refractivity (Wildman–Crippen MR) is 85.0 cm³/mol. The summed E-state index contributed by atoms with van der Waals surface area (Å²) >= 11 is 3.49. The summed E-state index contributed by atoms with van der Waals surface area (Å²) in [6, 6.07) is 2.48. The first-order valence-corrected chi connectivity index (χ1v) is 8.19. The maximum Gasteiger partial charge on any atom is 0.0858 e. The fraction of sp³-hybridized carbons (Fsp3) is 0.667. The largest absolute Gasteiger partial charge is 0.374 e. The number of morpholine rings is 1. The van der Waals surface area contributed by atoms with Crippen molar-refractivity contribution in [2.75, 3.05) is 32.8 Å². The average Bonchev–Trinajstić information content (AvgIpc) is 2.47. The molecule has 4 nitrogen and oxygen atoms in total. The molecule has 0 spiro atoms. The molecule has 1 aromatic rings. The van der Waals surface area contributed by atoms with Crippen LogP contribution in [0, 0.1) is 0 Å². The zero-order valence-electron chi connectivity index (χ0n) is 12.3. The third-order valence-corrected chi connectivity index (χ3v) is 4.19. The lowest BCUT2D eigenvalue weighted by atomic mass is 10.0. The molecule has 0 aliphatic carbocycles. The van der Waals surface area contributed by atoms with E-state index in [0.717, 1.165) is 43.7 Å². The highest BCUT2D eigenvalue weighted by molar-refractivity contribution is 9.10. The number of ether oxygens (including phenoxy) is 1. The van der Waals surface area contributed by atoms with Crippen LogP contribution in [0.1, 0.15) is 19.4 Å². The Hall–Kier alpha value is -0.490. The maximum absolute atomic E-state index is 5.99. The Labute approximate surface area is 130 Å². The molecule has 2 atom stereocenters. The maximum atomic E-state index is 5.99. The van der Waals surface area contributed by atoms with Crippen LogP contribution in [0.15, 0.2) is 22.9 Å². The molecule has 112 valence electrons. The quantitative estimate of drug-likeness (QED) is 0.859. The lowest BCUT2D eigenvalue weighted by Gasteiger charge is -2.37. The molecule has 2 heterocycles. The molecule has 1 fully saturated rings. The molecule has 0 bridgehead atoms. The molecule has 20 heavy (non-hydrogen) atoms. The molecule has 2 rings (SSSR count). The Morgan fingerprint density at radius 1 is 1.50 bits per heavy atom. The average molecular weight is 342 g/mol. The number of hydrogen-bond donors (Lipinski definition) is 1. The van der Waals surface area contributed by atoms with Gasteiger partial charge in [-0.05, 0) is 47.1 Å². The first-order valence-electron chi connectivity index (χ1n) is 7.39. The first-order chi connectivity index (χ1) is 9.72. The molecule has 5 heteroatoms. The lowest BCUT2D eigenvalue weighted by molar-refractivity contribution is -0.0445. The molecule has 2 unspecified atom stereocenters. The molecule has 1 aliphatic heterocycles. The van der Waals surface area contributed by atoms with Gasteiger partial charge in [0.2, 0.25) is 0 Å². The molecular weight excluding hydrogens is 318 g/mol. The zero-order chi connectivity index (χ0) is 14.4. The van der Waals surface area contributed by atoms with E-state index >= 15 is 0 Å². The smallest absolute Gasteiger partial charge is 0.0858 e. The minimum atomic E-state index is 0.252. The molecule has 0 amide bonds. The van der Waals surface area contributed by atoms with E-state index in [4.69, 9.17) is 4.74 Å². The van der Waals surface area contributed by atoms with Crippen molar-refractivity contribution in [3.8, 4) is 0 Å². The van der Waals surface area contributed by atoms with E-state index in [1.54, 1.807) is 0 Å². The van der Waals surface area contributed by atoms with Crippen molar-refractivity contribution in [2.24, 2.45) is 0 Å². The lowest BCUT2D eigenvalue weighted by Crippen LogP contribution is -2.53. The number of halogens is 1. The van der Waals surface area contributed by atoms with Gasteiger partial charge in [-0.1, -0.05) is 13.8 Å². The highest BCUT2D eigenvalue weighted by Crippen LogP contribution is 2.16. The topological polar surface area (TPSA) is 37.4 Å². The van der Waals surface area contributed by atoms with E-state index in [1.807, 2.05) is 12.4 Å². The predicted octanol–water partition coefficient (Wildman–Crippen LogP) is 2.09. The van der Waals surface area contributed by atoms with Crippen molar-refractivity contribution in [3.05, 3.63) is 28.5 Å². The highest BCUT2D eigenvalue weighted by Gasteiger charge is 2.27. The minimum Gasteiger partial charge on any atom is -0.374 e. The fourth-order valence-corrected chi connectivity index (χ4v) is 3.09. The van der Waals surface area contributed by atoms with Crippen LogP contribution >= 0.6 is 15.9 Å². The van der Waals surface area contributed by atoms with Crippen molar-refractivity contribution >= 4 is 15.9 Å². The van der Waals surface area contributed by atoms with Gasteiger partial charge in [-0.2, -0.15) is 0 Å². The van der Waals surface area contributed by atoms with Gasteiger partial charge in [0, 0.05) is 36.0 Å². The first kappa shape index (κ1) is 15.9. The number of likely N-dealkylation sites (N-methyl/N-ethyl adjacent to an activating group) is 2. The van der Waals surface area contributed by atoms with E-state index in [2.05, 4.69) is 51.0 Å². The van der Waals surface area contributed by atoms with Crippen molar-refractivity contribution in [1.82, 2.24) is 15.2 Å². The van der Waals surface area contributed by atoms with Crippen LogP contribution in [0.4, 0.5) is 0 Å². The van der Waals surface area contributed by atoms with E-state index < -0.39 is 0 Å². The van der Waals surface area contributed by atoms with Gasteiger partial charge in [0.15, 0.2) is 0 Å². The summed E-state index contributed by atoms with van der Waals surface area (Å²) in [6.07, 6.45) is 4.96. The van der Waals surface area contributed by atoms with Gasteiger partial charge in [0.1, 0.15) is 0 Å². The van der Waals surface area contributed by atoms with E-state index in [1.165, 1.54) is 5.56 Å². The van der Waals surface area contributed by atoms with E-state index in [0.29, 0.717) is 6.04 Å².